The zero-order chi connectivity index (χ0) is 16.7. The van der Waals surface area contributed by atoms with Gasteiger partial charge in [-0.05, 0) is 49.4 Å². The molecule has 2 saturated carbocycles. The lowest BCUT2D eigenvalue weighted by molar-refractivity contribution is -0.237. The average molecular weight is 330 g/mol. The molecule has 0 N–H and O–H groups in total. The van der Waals surface area contributed by atoms with Gasteiger partial charge in [0, 0.05) is 0 Å². The van der Waals surface area contributed by atoms with Gasteiger partial charge >= 0.3 is 12.4 Å². The van der Waals surface area contributed by atoms with Crippen molar-refractivity contribution in [2.75, 3.05) is 0 Å². The molecule has 2 aliphatic carbocycles. The summed E-state index contributed by atoms with van der Waals surface area (Å²) >= 11 is 0. The first-order valence-corrected chi connectivity index (χ1v) is 8.13. The quantitative estimate of drug-likeness (QED) is 0.501. The Hall–Kier alpha value is -0.420. The number of hydrogen-bond acceptors (Lipinski definition) is 0. The van der Waals surface area contributed by atoms with Crippen LogP contribution in [0.25, 0.3) is 0 Å². The van der Waals surface area contributed by atoms with Crippen LogP contribution in [0.3, 0.4) is 0 Å². The predicted octanol–water partition coefficient (Wildman–Crippen LogP) is 6.22. The monoisotopic (exact) mass is 330 g/mol. The first-order chi connectivity index (χ1) is 10.00. The summed E-state index contributed by atoms with van der Waals surface area (Å²) in [4.78, 5) is 0. The summed E-state index contributed by atoms with van der Waals surface area (Å²) in [6.07, 6.45) is -7.07. The molecular formula is C16H24F6. The van der Waals surface area contributed by atoms with Gasteiger partial charge in [0.2, 0.25) is 0 Å². The molecule has 0 saturated heterocycles. The van der Waals surface area contributed by atoms with E-state index in [4.69, 9.17) is 0 Å². The molecular weight excluding hydrogens is 306 g/mol. The van der Waals surface area contributed by atoms with Gasteiger partial charge in [-0.2, -0.15) is 26.3 Å². The van der Waals surface area contributed by atoms with Crippen molar-refractivity contribution in [2.45, 2.75) is 64.7 Å². The second kappa shape index (κ2) is 6.23. The fraction of sp³-hybridized carbons (Fsp3) is 1.00. The van der Waals surface area contributed by atoms with E-state index in [1.807, 2.05) is 0 Å². The SMILES string of the molecule is CC1CCC(C2CCC(C)CC2C(F)(F)F)C(C(F)(F)F)C1. The molecule has 130 valence electrons. The van der Waals surface area contributed by atoms with Crippen molar-refractivity contribution in [3.63, 3.8) is 0 Å². The maximum absolute atomic E-state index is 13.3. The van der Waals surface area contributed by atoms with Gasteiger partial charge in [-0.15, -0.1) is 0 Å². The van der Waals surface area contributed by atoms with Crippen LogP contribution in [0, 0.1) is 35.5 Å². The molecule has 0 nitrogen and oxygen atoms in total. The van der Waals surface area contributed by atoms with Gasteiger partial charge in [-0.1, -0.05) is 26.7 Å². The summed E-state index contributed by atoms with van der Waals surface area (Å²) in [7, 11) is 0. The van der Waals surface area contributed by atoms with Crippen molar-refractivity contribution in [1.29, 1.82) is 0 Å². The highest BCUT2D eigenvalue weighted by atomic mass is 19.4. The summed E-state index contributed by atoms with van der Waals surface area (Å²) < 4.78 is 80.0. The van der Waals surface area contributed by atoms with Gasteiger partial charge in [-0.25, -0.2) is 0 Å². The summed E-state index contributed by atoms with van der Waals surface area (Å²) in [6.45, 7) is 3.53. The van der Waals surface area contributed by atoms with Crippen molar-refractivity contribution in [3.8, 4) is 0 Å². The van der Waals surface area contributed by atoms with Crippen LogP contribution in [0.5, 0.6) is 0 Å². The summed E-state index contributed by atoms with van der Waals surface area (Å²) in [5, 5.41) is 0. The van der Waals surface area contributed by atoms with E-state index in [-0.39, 0.29) is 37.5 Å². The Morgan fingerprint density at radius 2 is 0.909 bits per heavy atom. The third-order valence-corrected chi connectivity index (χ3v) is 5.72. The Morgan fingerprint density at radius 1 is 0.591 bits per heavy atom. The molecule has 0 aromatic carbocycles. The topological polar surface area (TPSA) is 0 Å². The molecule has 22 heavy (non-hydrogen) atoms. The molecule has 0 spiro atoms. The normalized spacial score (nSPS) is 41.5. The molecule has 0 heterocycles. The molecule has 0 bridgehead atoms. The second-order valence-corrected chi connectivity index (χ2v) is 7.46. The predicted molar refractivity (Wildman–Crippen MR) is 72.1 cm³/mol. The van der Waals surface area contributed by atoms with Crippen molar-refractivity contribution < 1.29 is 26.3 Å². The van der Waals surface area contributed by atoms with Crippen molar-refractivity contribution >= 4 is 0 Å². The highest BCUT2D eigenvalue weighted by Gasteiger charge is 2.55. The minimum Gasteiger partial charge on any atom is -0.171 e. The summed E-state index contributed by atoms with van der Waals surface area (Å²) in [5.41, 5.74) is 0. The van der Waals surface area contributed by atoms with Crippen molar-refractivity contribution in [3.05, 3.63) is 0 Å². The molecule has 0 aromatic rings. The minimum absolute atomic E-state index is 0.0230. The second-order valence-electron chi connectivity index (χ2n) is 7.46. The van der Waals surface area contributed by atoms with E-state index in [1.54, 1.807) is 13.8 Å². The first kappa shape index (κ1) is 17.9. The molecule has 6 unspecified atom stereocenters. The average Bonchev–Trinajstić information content (AvgIpc) is 2.37. The van der Waals surface area contributed by atoms with Gasteiger partial charge in [0.05, 0.1) is 11.8 Å². The zero-order valence-electron chi connectivity index (χ0n) is 13.0. The molecule has 2 aliphatic rings. The van der Waals surface area contributed by atoms with Crippen LogP contribution in [0.15, 0.2) is 0 Å². The van der Waals surface area contributed by atoms with E-state index in [1.165, 1.54) is 0 Å². The standard InChI is InChI=1S/C16H24F6/c1-9-3-5-11(13(7-9)15(17,18)19)12-6-4-10(2)8-14(12)16(20,21)22/h9-14H,3-8H2,1-2H3. The van der Waals surface area contributed by atoms with Gasteiger partial charge in [0.15, 0.2) is 0 Å². The van der Waals surface area contributed by atoms with Gasteiger partial charge in [0.1, 0.15) is 0 Å². The van der Waals surface area contributed by atoms with E-state index >= 15 is 0 Å². The van der Waals surface area contributed by atoms with Crippen LogP contribution in [-0.2, 0) is 0 Å². The van der Waals surface area contributed by atoms with Crippen LogP contribution in [0.4, 0.5) is 26.3 Å². The van der Waals surface area contributed by atoms with Gasteiger partial charge in [-0.3, -0.25) is 0 Å². The molecule has 0 aromatic heterocycles. The largest absolute Gasteiger partial charge is 0.392 e. The lowest BCUT2D eigenvalue weighted by Gasteiger charge is -2.46. The Bertz CT molecular complexity index is 336. The third kappa shape index (κ3) is 3.91. The highest BCUT2D eigenvalue weighted by Crippen LogP contribution is 2.54. The maximum Gasteiger partial charge on any atom is 0.392 e. The summed E-state index contributed by atoms with van der Waals surface area (Å²) in [5.74, 6) is -4.99. The number of halogens is 6. The van der Waals surface area contributed by atoms with Crippen molar-refractivity contribution in [1.82, 2.24) is 0 Å². The maximum atomic E-state index is 13.3. The van der Waals surface area contributed by atoms with Crippen molar-refractivity contribution in [2.24, 2.45) is 35.5 Å². The van der Waals surface area contributed by atoms with E-state index in [0.29, 0.717) is 12.8 Å². The fourth-order valence-corrected chi connectivity index (χ4v) is 4.59. The Kier molecular flexibility index (Phi) is 5.08. The number of alkyl halides is 6. The Labute approximate surface area is 127 Å². The molecule has 2 rings (SSSR count). The first-order valence-electron chi connectivity index (χ1n) is 8.13. The smallest absolute Gasteiger partial charge is 0.171 e. The Morgan fingerprint density at radius 3 is 1.18 bits per heavy atom. The fourth-order valence-electron chi connectivity index (χ4n) is 4.59. The van der Waals surface area contributed by atoms with Crippen LogP contribution in [0.2, 0.25) is 0 Å². The summed E-state index contributed by atoms with van der Waals surface area (Å²) in [6, 6.07) is 0. The molecule has 6 heteroatoms. The van der Waals surface area contributed by atoms with Gasteiger partial charge < -0.3 is 0 Å². The molecule has 2 fully saturated rings. The minimum atomic E-state index is -4.39. The lowest BCUT2D eigenvalue weighted by atomic mass is 9.61. The van der Waals surface area contributed by atoms with E-state index in [2.05, 4.69) is 0 Å². The Balaban J connectivity index is 2.25. The van der Waals surface area contributed by atoms with Crippen LogP contribution in [-0.4, -0.2) is 12.4 Å². The van der Waals surface area contributed by atoms with Crippen LogP contribution >= 0.6 is 0 Å². The molecule has 6 atom stereocenters. The third-order valence-electron chi connectivity index (χ3n) is 5.72. The molecule has 0 amide bonds. The molecule has 0 radical (unpaired) electrons. The van der Waals surface area contributed by atoms with E-state index in [9.17, 15) is 26.3 Å². The van der Waals surface area contributed by atoms with Gasteiger partial charge in [0.25, 0.3) is 0 Å². The molecule has 0 aliphatic heterocycles. The van der Waals surface area contributed by atoms with Crippen LogP contribution in [0.1, 0.15) is 52.4 Å². The highest BCUT2D eigenvalue weighted by molar-refractivity contribution is 4.93. The number of rotatable bonds is 1. The lowest BCUT2D eigenvalue weighted by Crippen LogP contribution is -2.46. The van der Waals surface area contributed by atoms with E-state index < -0.39 is 36.0 Å². The number of hydrogen-bond donors (Lipinski definition) is 0. The van der Waals surface area contributed by atoms with Crippen LogP contribution < -0.4 is 0 Å². The van der Waals surface area contributed by atoms with E-state index in [0.717, 1.165) is 0 Å². The zero-order valence-corrected chi connectivity index (χ0v) is 13.0.